The van der Waals surface area contributed by atoms with Crippen LogP contribution in [-0.4, -0.2) is 36.9 Å². The lowest BCUT2D eigenvalue weighted by Gasteiger charge is -2.23. The van der Waals surface area contributed by atoms with Crippen molar-refractivity contribution in [2.24, 2.45) is 11.8 Å². The zero-order valence-corrected chi connectivity index (χ0v) is 12.9. The Labute approximate surface area is 126 Å². The van der Waals surface area contributed by atoms with Crippen LogP contribution >= 0.6 is 0 Å². The number of esters is 2. The van der Waals surface area contributed by atoms with Crippen molar-refractivity contribution in [2.75, 3.05) is 13.7 Å². The number of hydrogen-bond acceptors (Lipinski definition) is 5. The molecular weight excluding hydrogens is 272 g/mol. The van der Waals surface area contributed by atoms with Gasteiger partial charge in [-0.05, 0) is 38.0 Å². The van der Waals surface area contributed by atoms with Gasteiger partial charge in [-0.25, -0.2) is 4.79 Å². The molecule has 0 aromatic rings. The Bertz CT molecular complexity index is 364. The van der Waals surface area contributed by atoms with Gasteiger partial charge < -0.3 is 14.6 Å². The van der Waals surface area contributed by atoms with E-state index in [2.05, 4.69) is 4.74 Å². The molecule has 0 saturated heterocycles. The van der Waals surface area contributed by atoms with E-state index in [9.17, 15) is 14.7 Å². The lowest BCUT2D eigenvalue weighted by molar-refractivity contribution is -0.148. The number of unbranched alkanes of at least 4 members (excludes halogenated alkanes) is 2. The summed E-state index contributed by atoms with van der Waals surface area (Å²) < 4.78 is 9.87. The van der Waals surface area contributed by atoms with Crippen molar-refractivity contribution < 1.29 is 24.2 Å². The molecule has 21 heavy (non-hydrogen) atoms. The molecule has 0 spiro atoms. The van der Waals surface area contributed by atoms with Gasteiger partial charge in [-0.2, -0.15) is 0 Å². The molecule has 120 valence electrons. The Morgan fingerprint density at radius 2 is 2.05 bits per heavy atom. The lowest BCUT2D eigenvalue weighted by atomic mass is 9.90. The van der Waals surface area contributed by atoms with Gasteiger partial charge in [-0.15, -0.1) is 0 Å². The van der Waals surface area contributed by atoms with Crippen LogP contribution in [0.5, 0.6) is 0 Å². The second kappa shape index (κ2) is 9.55. The predicted molar refractivity (Wildman–Crippen MR) is 78.5 cm³/mol. The highest BCUT2D eigenvalue weighted by molar-refractivity contribution is 5.81. The molecule has 0 aliphatic heterocycles. The molecule has 1 saturated carbocycles. The Kier molecular flexibility index (Phi) is 8.05. The summed E-state index contributed by atoms with van der Waals surface area (Å²) >= 11 is 0. The molecule has 1 aliphatic rings. The minimum atomic E-state index is -0.332. The van der Waals surface area contributed by atoms with Crippen LogP contribution < -0.4 is 0 Å². The average Bonchev–Trinajstić information content (AvgIpc) is 2.83. The standard InChI is InChI=1S/C16H26O5/c1-12(18)21-15-10-9-13(11-17)14(15)7-5-3-4-6-8-16(19)20-2/h6,8,13-15,17H,3-5,7,9-11H2,1-2H3/t13-,14-,15+/m1/s1. The summed E-state index contributed by atoms with van der Waals surface area (Å²) in [6.07, 6.45) is 8.68. The van der Waals surface area contributed by atoms with Gasteiger partial charge in [-0.3, -0.25) is 4.79 Å². The SMILES string of the molecule is COC(=O)C=CCCCC[C@@H]1[C@@H](CO)CC[C@@H]1OC(C)=O. The van der Waals surface area contributed by atoms with E-state index < -0.39 is 0 Å². The van der Waals surface area contributed by atoms with Crippen LogP contribution in [0.25, 0.3) is 0 Å². The van der Waals surface area contributed by atoms with Gasteiger partial charge in [-0.1, -0.05) is 12.5 Å². The van der Waals surface area contributed by atoms with Gasteiger partial charge >= 0.3 is 11.9 Å². The molecule has 0 aromatic carbocycles. The molecule has 0 bridgehead atoms. The number of hydrogen-bond donors (Lipinski definition) is 1. The van der Waals surface area contributed by atoms with E-state index in [4.69, 9.17) is 4.74 Å². The maximum atomic E-state index is 11.1. The van der Waals surface area contributed by atoms with E-state index in [1.165, 1.54) is 20.1 Å². The Morgan fingerprint density at radius 1 is 1.29 bits per heavy atom. The normalized spacial score (nSPS) is 25.2. The summed E-state index contributed by atoms with van der Waals surface area (Å²) in [5.74, 6) is -0.0888. The molecule has 0 aromatic heterocycles. The topological polar surface area (TPSA) is 72.8 Å². The Morgan fingerprint density at radius 3 is 2.67 bits per heavy atom. The van der Waals surface area contributed by atoms with Crippen molar-refractivity contribution in [3.05, 3.63) is 12.2 Å². The van der Waals surface area contributed by atoms with E-state index in [1.54, 1.807) is 0 Å². The molecule has 1 fully saturated rings. The Balaban J connectivity index is 2.31. The zero-order valence-electron chi connectivity index (χ0n) is 12.9. The van der Waals surface area contributed by atoms with Crippen LogP contribution in [0, 0.1) is 11.8 Å². The van der Waals surface area contributed by atoms with Crippen LogP contribution in [0.1, 0.15) is 45.4 Å². The van der Waals surface area contributed by atoms with Crippen molar-refractivity contribution in [3.63, 3.8) is 0 Å². The first-order valence-electron chi connectivity index (χ1n) is 7.61. The molecule has 5 nitrogen and oxygen atoms in total. The first-order chi connectivity index (χ1) is 10.1. The maximum absolute atomic E-state index is 11.1. The largest absolute Gasteiger partial charge is 0.466 e. The summed E-state index contributed by atoms with van der Waals surface area (Å²) in [6.45, 7) is 1.59. The van der Waals surface area contributed by atoms with Crippen molar-refractivity contribution in [3.8, 4) is 0 Å². The van der Waals surface area contributed by atoms with Gasteiger partial charge in [0.1, 0.15) is 6.10 Å². The molecular formula is C16H26O5. The predicted octanol–water partition coefficient (Wildman–Crippen LogP) is 2.23. The van der Waals surface area contributed by atoms with Gasteiger partial charge in [0, 0.05) is 25.5 Å². The molecule has 1 N–H and O–H groups in total. The van der Waals surface area contributed by atoms with Gasteiger partial charge in [0.15, 0.2) is 0 Å². The van der Waals surface area contributed by atoms with Gasteiger partial charge in [0.05, 0.1) is 7.11 Å². The Hall–Kier alpha value is -1.36. The molecule has 0 unspecified atom stereocenters. The quantitative estimate of drug-likeness (QED) is 0.422. The highest BCUT2D eigenvalue weighted by Crippen LogP contribution is 2.37. The van der Waals surface area contributed by atoms with E-state index >= 15 is 0 Å². The third-order valence-electron chi connectivity index (χ3n) is 4.07. The molecule has 5 heteroatoms. The number of allylic oxidation sites excluding steroid dienone is 1. The molecule has 0 amide bonds. The van der Waals surface area contributed by atoms with Crippen LogP contribution in [-0.2, 0) is 19.1 Å². The lowest BCUT2D eigenvalue weighted by Crippen LogP contribution is -2.25. The smallest absolute Gasteiger partial charge is 0.330 e. The van der Waals surface area contributed by atoms with Crippen molar-refractivity contribution in [2.45, 2.75) is 51.6 Å². The third-order valence-corrected chi connectivity index (χ3v) is 4.07. The number of aliphatic hydroxyl groups excluding tert-OH is 1. The second-order valence-corrected chi connectivity index (χ2v) is 5.54. The zero-order chi connectivity index (χ0) is 15.7. The van der Waals surface area contributed by atoms with E-state index in [-0.39, 0.29) is 36.5 Å². The second-order valence-electron chi connectivity index (χ2n) is 5.54. The third kappa shape index (κ3) is 6.29. The van der Waals surface area contributed by atoms with E-state index in [1.807, 2.05) is 6.08 Å². The van der Waals surface area contributed by atoms with Crippen LogP contribution in [0.15, 0.2) is 12.2 Å². The molecule has 0 radical (unpaired) electrons. The molecule has 0 heterocycles. The summed E-state index contributed by atoms with van der Waals surface area (Å²) in [5.41, 5.74) is 0. The van der Waals surface area contributed by atoms with Crippen LogP contribution in [0.3, 0.4) is 0 Å². The van der Waals surface area contributed by atoms with Crippen LogP contribution in [0.4, 0.5) is 0 Å². The summed E-state index contributed by atoms with van der Waals surface area (Å²) in [5, 5.41) is 9.41. The first kappa shape index (κ1) is 17.7. The molecule has 3 atom stereocenters. The van der Waals surface area contributed by atoms with Gasteiger partial charge in [0.2, 0.25) is 0 Å². The number of methoxy groups -OCH3 is 1. The number of carbonyl (C=O) groups is 2. The number of aliphatic hydroxyl groups is 1. The van der Waals surface area contributed by atoms with E-state index in [0.717, 1.165) is 38.5 Å². The molecule has 1 rings (SSSR count). The van der Waals surface area contributed by atoms with Crippen molar-refractivity contribution in [1.82, 2.24) is 0 Å². The van der Waals surface area contributed by atoms with Crippen molar-refractivity contribution in [1.29, 1.82) is 0 Å². The fraction of sp³-hybridized carbons (Fsp3) is 0.750. The summed E-state index contributed by atoms with van der Waals surface area (Å²) in [6, 6.07) is 0. The van der Waals surface area contributed by atoms with Crippen molar-refractivity contribution >= 4 is 11.9 Å². The van der Waals surface area contributed by atoms with Crippen LogP contribution in [0.2, 0.25) is 0 Å². The highest BCUT2D eigenvalue weighted by Gasteiger charge is 2.37. The first-order valence-corrected chi connectivity index (χ1v) is 7.61. The van der Waals surface area contributed by atoms with E-state index in [0.29, 0.717) is 0 Å². The fourth-order valence-corrected chi connectivity index (χ4v) is 3.01. The monoisotopic (exact) mass is 298 g/mol. The summed E-state index contributed by atoms with van der Waals surface area (Å²) in [4.78, 5) is 22.0. The number of rotatable bonds is 8. The summed E-state index contributed by atoms with van der Waals surface area (Å²) in [7, 11) is 1.36. The minimum absolute atomic E-state index is 0.0507. The van der Waals surface area contributed by atoms with Gasteiger partial charge in [0.25, 0.3) is 0 Å². The maximum Gasteiger partial charge on any atom is 0.330 e. The average molecular weight is 298 g/mol. The fourth-order valence-electron chi connectivity index (χ4n) is 3.01. The number of carbonyl (C=O) groups excluding carboxylic acids is 2. The number of ether oxygens (including phenoxy) is 2. The molecule has 1 aliphatic carbocycles. The minimum Gasteiger partial charge on any atom is -0.466 e. The highest BCUT2D eigenvalue weighted by atomic mass is 16.5.